The molecule has 1 heterocycles. The van der Waals surface area contributed by atoms with Gasteiger partial charge in [-0.25, -0.2) is 0 Å². The van der Waals surface area contributed by atoms with Gasteiger partial charge in [0, 0.05) is 17.1 Å². The van der Waals surface area contributed by atoms with E-state index in [-0.39, 0.29) is 13.0 Å². The molecule has 1 aromatic heterocycles. The number of hydrogen-bond acceptors (Lipinski definition) is 4. The van der Waals surface area contributed by atoms with Crippen LogP contribution in [0.3, 0.4) is 0 Å². The molecule has 0 aliphatic heterocycles. The van der Waals surface area contributed by atoms with Gasteiger partial charge in [-0.2, -0.15) is 0 Å². The molecule has 2 aromatic rings. The standard InChI is InChI=1S/C15H17NO4/c1-3-20-15(18)12(14(17)19-2)8-10-9-16-13-7-5-4-6-11(10)13/h4-7,9,12,16H,3,8H2,1-2H3. The van der Waals surface area contributed by atoms with E-state index in [2.05, 4.69) is 4.98 Å². The van der Waals surface area contributed by atoms with Crippen molar-refractivity contribution < 1.29 is 19.1 Å². The van der Waals surface area contributed by atoms with Crippen LogP contribution in [0, 0.1) is 5.92 Å². The monoisotopic (exact) mass is 275 g/mol. The Morgan fingerprint density at radius 1 is 1.25 bits per heavy atom. The summed E-state index contributed by atoms with van der Waals surface area (Å²) in [4.78, 5) is 26.7. The van der Waals surface area contributed by atoms with Gasteiger partial charge in [-0.3, -0.25) is 9.59 Å². The minimum atomic E-state index is -0.931. The lowest BCUT2D eigenvalue weighted by Crippen LogP contribution is -2.29. The number of fused-ring (bicyclic) bond motifs is 1. The van der Waals surface area contributed by atoms with Crippen LogP contribution in [0.15, 0.2) is 30.5 Å². The van der Waals surface area contributed by atoms with E-state index in [0.29, 0.717) is 0 Å². The molecule has 0 saturated carbocycles. The normalized spacial score (nSPS) is 12.1. The molecule has 1 aromatic carbocycles. The second kappa shape index (κ2) is 6.23. The Morgan fingerprint density at radius 3 is 2.70 bits per heavy atom. The molecule has 106 valence electrons. The SMILES string of the molecule is CCOC(=O)C(Cc1c[nH]c2ccccc12)C(=O)OC. The van der Waals surface area contributed by atoms with Gasteiger partial charge >= 0.3 is 11.9 Å². The summed E-state index contributed by atoms with van der Waals surface area (Å²) >= 11 is 0. The fourth-order valence-electron chi connectivity index (χ4n) is 2.17. The molecule has 1 unspecified atom stereocenters. The zero-order valence-electron chi connectivity index (χ0n) is 11.5. The first kappa shape index (κ1) is 14.1. The Balaban J connectivity index is 2.27. The Labute approximate surface area is 116 Å². The third-order valence-corrected chi connectivity index (χ3v) is 3.16. The summed E-state index contributed by atoms with van der Waals surface area (Å²) in [6.07, 6.45) is 2.06. The average molecular weight is 275 g/mol. The van der Waals surface area contributed by atoms with Gasteiger partial charge in [0.25, 0.3) is 0 Å². The second-order valence-corrected chi connectivity index (χ2v) is 4.39. The fourth-order valence-corrected chi connectivity index (χ4v) is 2.17. The summed E-state index contributed by atoms with van der Waals surface area (Å²) in [5.74, 6) is -2.06. The van der Waals surface area contributed by atoms with Gasteiger partial charge in [-0.15, -0.1) is 0 Å². The van der Waals surface area contributed by atoms with Gasteiger partial charge in [0.1, 0.15) is 0 Å². The number of esters is 2. The molecule has 0 aliphatic carbocycles. The van der Waals surface area contributed by atoms with Crippen LogP contribution in [0.1, 0.15) is 12.5 Å². The van der Waals surface area contributed by atoms with Crippen LogP contribution in [-0.4, -0.2) is 30.6 Å². The van der Waals surface area contributed by atoms with Crippen LogP contribution in [-0.2, 0) is 25.5 Å². The summed E-state index contributed by atoms with van der Waals surface area (Å²) in [7, 11) is 1.27. The van der Waals surface area contributed by atoms with Gasteiger partial charge in [0.15, 0.2) is 5.92 Å². The number of carbonyl (C=O) groups is 2. The first-order valence-corrected chi connectivity index (χ1v) is 6.46. The molecule has 0 spiro atoms. The maximum Gasteiger partial charge on any atom is 0.320 e. The molecule has 0 fully saturated rings. The maximum atomic E-state index is 11.9. The van der Waals surface area contributed by atoms with Crippen LogP contribution in [0.2, 0.25) is 0 Å². The number of carbonyl (C=O) groups excluding carboxylic acids is 2. The summed E-state index contributed by atoms with van der Waals surface area (Å²) < 4.78 is 9.63. The number of H-pyrrole nitrogens is 1. The van der Waals surface area contributed by atoms with Gasteiger partial charge < -0.3 is 14.5 Å². The molecule has 0 radical (unpaired) electrons. The lowest BCUT2D eigenvalue weighted by molar-refractivity contribution is -0.160. The van der Waals surface area contributed by atoms with Crippen LogP contribution < -0.4 is 0 Å². The molecule has 5 nitrogen and oxygen atoms in total. The Hall–Kier alpha value is -2.30. The number of para-hydroxylation sites is 1. The van der Waals surface area contributed by atoms with Crippen molar-refractivity contribution in [2.75, 3.05) is 13.7 Å². The van der Waals surface area contributed by atoms with Gasteiger partial charge in [-0.05, 0) is 25.0 Å². The van der Waals surface area contributed by atoms with E-state index in [1.54, 1.807) is 13.1 Å². The van der Waals surface area contributed by atoms with Crippen molar-refractivity contribution in [2.24, 2.45) is 5.92 Å². The third-order valence-electron chi connectivity index (χ3n) is 3.16. The van der Waals surface area contributed by atoms with Crippen molar-refractivity contribution in [3.05, 3.63) is 36.0 Å². The molecule has 0 saturated heterocycles. The number of benzene rings is 1. The minimum absolute atomic E-state index is 0.236. The van der Waals surface area contributed by atoms with Gasteiger partial charge in [-0.1, -0.05) is 18.2 Å². The molecular formula is C15H17NO4. The van der Waals surface area contributed by atoms with Crippen LogP contribution in [0.5, 0.6) is 0 Å². The molecule has 1 atom stereocenters. The van der Waals surface area contributed by atoms with Gasteiger partial charge in [0.05, 0.1) is 13.7 Å². The summed E-state index contributed by atoms with van der Waals surface area (Å²) in [5.41, 5.74) is 1.86. The number of aromatic amines is 1. The second-order valence-electron chi connectivity index (χ2n) is 4.39. The van der Waals surface area contributed by atoms with E-state index in [1.807, 2.05) is 24.3 Å². The highest BCUT2D eigenvalue weighted by Crippen LogP contribution is 2.22. The smallest absolute Gasteiger partial charge is 0.320 e. The fraction of sp³-hybridized carbons (Fsp3) is 0.333. The van der Waals surface area contributed by atoms with E-state index in [1.165, 1.54) is 7.11 Å². The number of aromatic nitrogens is 1. The summed E-state index contributed by atoms with van der Waals surface area (Å²) in [5, 5.41) is 0.991. The quantitative estimate of drug-likeness (QED) is 0.670. The van der Waals surface area contributed by atoms with Crippen molar-refractivity contribution >= 4 is 22.8 Å². The maximum absolute atomic E-state index is 11.9. The molecule has 5 heteroatoms. The van der Waals surface area contributed by atoms with E-state index in [4.69, 9.17) is 9.47 Å². The largest absolute Gasteiger partial charge is 0.468 e. The minimum Gasteiger partial charge on any atom is -0.468 e. The van der Waals surface area contributed by atoms with Crippen LogP contribution in [0.4, 0.5) is 0 Å². The number of nitrogens with one attached hydrogen (secondary N) is 1. The zero-order chi connectivity index (χ0) is 14.5. The topological polar surface area (TPSA) is 68.4 Å². The molecule has 0 amide bonds. The summed E-state index contributed by atoms with van der Waals surface area (Å²) in [6.45, 7) is 1.94. The lowest BCUT2D eigenvalue weighted by Gasteiger charge is -2.12. The highest BCUT2D eigenvalue weighted by atomic mass is 16.5. The Morgan fingerprint density at radius 2 is 2.00 bits per heavy atom. The highest BCUT2D eigenvalue weighted by Gasteiger charge is 2.30. The van der Waals surface area contributed by atoms with Crippen LogP contribution >= 0.6 is 0 Å². The zero-order valence-corrected chi connectivity index (χ0v) is 11.5. The lowest BCUT2D eigenvalue weighted by atomic mass is 9.99. The number of rotatable bonds is 5. The van der Waals surface area contributed by atoms with Gasteiger partial charge in [0.2, 0.25) is 0 Å². The predicted octanol–water partition coefficient (Wildman–Crippen LogP) is 2.06. The number of ether oxygens (including phenoxy) is 2. The molecule has 20 heavy (non-hydrogen) atoms. The third kappa shape index (κ3) is 2.82. The number of hydrogen-bond donors (Lipinski definition) is 1. The predicted molar refractivity (Wildman–Crippen MR) is 74.1 cm³/mol. The highest BCUT2D eigenvalue weighted by molar-refractivity contribution is 5.96. The molecular weight excluding hydrogens is 258 g/mol. The van der Waals surface area contributed by atoms with Crippen molar-refractivity contribution in [1.82, 2.24) is 4.98 Å². The van der Waals surface area contributed by atoms with Crippen molar-refractivity contribution in [3.8, 4) is 0 Å². The molecule has 2 rings (SSSR count). The molecule has 1 N–H and O–H groups in total. The van der Waals surface area contributed by atoms with E-state index in [0.717, 1.165) is 16.5 Å². The number of methoxy groups -OCH3 is 1. The van der Waals surface area contributed by atoms with E-state index < -0.39 is 17.9 Å². The van der Waals surface area contributed by atoms with Crippen LogP contribution in [0.25, 0.3) is 10.9 Å². The van der Waals surface area contributed by atoms with E-state index in [9.17, 15) is 9.59 Å². The molecule has 0 bridgehead atoms. The molecule has 0 aliphatic rings. The Bertz CT molecular complexity index is 617. The van der Waals surface area contributed by atoms with E-state index >= 15 is 0 Å². The first-order valence-electron chi connectivity index (χ1n) is 6.46. The average Bonchev–Trinajstić information content (AvgIpc) is 2.87. The summed E-state index contributed by atoms with van der Waals surface area (Å²) in [6, 6.07) is 7.72. The first-order chi connectivity index (χ1) is 9.67. The van der Waals surface area contributed by atoms with Crippen molar-refractivity contribution in [2.45, 2.75) is 13.3 Å². The Kier molecular flexibility index (Phi) is 4.40. The van der Waals surface area contributed by atoms with Crippen molar-refractivity contribution in [1.29, 1.82) is 0 Å². The van der Waals surface area contributed by atoms with Crippen molar-refractivity contribution in [3.63, 3.8) is 0 Å².